The Hall–Kier alpha value is -3.18. The molecule has 4 nitrogen and oxygen atoms in total. The molecule has 0 unspecified atom stereocenters. The molecule has 0 aliphatic carbocycles. The van der Waals surface area contributed by atoms with E-state index in [9.17, 15) is 13.2 Å². The largest absolute Gasteiger partial charge is 0.289 e. The van der Waals surface area contributed by atoms with E-state index in [1.54, 1.807) is 48.5 Å². The van der Waals surface area contributed by atoms with E-state index in [-0.39, 0.29) is 16.4 Å². The molecule has 130 valence electrons. The van der Waals surface area contributed by atoms with Crippen LogP contribution in [0.3, 0.4) is 0 Å². The summed E-state index contributed by atoms with van der Waals surface area (Å²) in [6, 6.07) is 24.0. The van der Waals surface area contributed by atoms with Gasteiger partial charge in [0.25, 0.3) is 10.0 Å². The summed E-state index contributed by atoms with van der Waals surface area (Å²) >= 11 is 0. The predicted molar refractivity (Wildman–Crippen MR) is 103 cm³/mol. The number of sulfonamides is 1. The second-order valence-corrected chi connectivity index (χ2v) is 7.25. The Morgan fingerprint density at radius 1 is 0.769 bits per heavy atom. The van der Waals surface area contributed by atoms with E-state index in [0.717, 1.165) is 5.56 Å². The SMILES string of the molecule is O=C(/C=C/c1ccccc1)c1ccccc1NS(=O)(=O)c1ccccc1. The topological polar surface area (TPSA) is 63.2 Å². The van der Waals surface area contributed by atoms with Gasteiger partial charge in [0.05, 0.1) is 10.6 Å². The Morgan fingerprint density at radius 3 is 2.04 bits per heavy atom. The summed E-state index contributed by atoms with van der Waals surface area (Å²) in [5.41, 5.74) is 1.43. The fraction of sp³-hybridized carbons (Fsp3) is 0. The number of hydrogen-bond acceptors (Lipinski definition) is 3. The van der Waals surface area contributed by atoms with Crippen LogP contribution in [0.2, 0.25) is 0 Å². The molecule has 0 bridgehead atoms. The fourth-order valence-corrected chi connectivity index (χ4v) is 3.52. The van der Waals surface area contributed by atoms with Gasteiger partial charge in [-0.05, 0) is 35.9 Å². The molecule has 0 saturated carbocycles. The van der Waals surface area contributed by atoms with Crippen molar-refractivity contribution in [2.24, 2.45) is 0 Å². The maximum absolute atomic E-state index is 12.5. The summed E-state index contributed by atoms with van der Waals surface area (Å²) in [5.74, 6) is -0.278. The summed E-state index contributed by atoms with van der Waals surface area (Å²) in [4.78, 5) is 12.7. The van der Waals surface area contributed by atoms with E-state index < -0.39 is 10.0 Å². The first-order valence-corrected chi connectivity index (χ1v) is 9.49. The van der Waals surface area contributed by atoms with Gasteiger partial charge in [-0.3, -0.25) is 9.52 Å². The first-order valence-electron chi connectivity index (χ1n) is 8.01. The highest BCUT2D eigenvalue weighted by Crippen LogP contribution is 2.21. The fourth-order valence-electron chi connectivity index (χ4n) is 2.42. The van der Waals surface area contributed by atoms with Crippen LogP contribution in [-0.2, 0) is 10.0 Å². The molecular weight excluding hydrogens is 346 g/mol. The Labute approximate surface area is 152 Å². The Balaban J connectivity index is 1.87. The number of allylic oxidation sites excluding steroid dienone is 1. The van der Waals surface area contributed by atoms with Crippen LogP contribution in [0.15, 0.2) is 95.9 Å². The molecule has 0 spiro atoms. The van der Waals surface area contributed by atoms with Crippen molar-refractivity contribution in [3.8, 4) is 0 Å². The first kappa shape index (κ1) is 17.6. The van der Waals surface area contributed by atoms with Gasteiger partial charge in [-0.25, -0.2) is 8.42 Å². The number of benzene rings is 3. The van der Waals surface area contributed by atoms with Crippen molar-refractivity contribution in [3.63, 3.8) is 0 Å². The van der Waals surface area contributed by atoms with Crippen LogP contribution in [0.5, 0.6) is 0 Å². The molecule has 0 heterocycles. The molecular formula is C21H17NO3S. The number of nitrogens with one attached hydrogen (secondary N) is 1. The maximum atomic E-state index is 12.5. The summed E-state index contributed by atoms with van der Waals surface area (Å²) in [6.45, 7) is 0. The van der Waals surface area contributed by atoms with E-state index in [4.69, 9.17) is 0 Å². The third-order valence-electron chi connectivity index (χ3n) is 3.72. The van der Waals surface area contributed by atoms with Crippen LogP contribution in [0, 0.1) is 0 Å². The number of ketones is 1. The molecule has 0 aliphatic rings. The number of rotatable bonds is 6. The van der Waals surface area contributed by atoms with Crippen LogP contribution in [-0.4, -0.2) is 14.2 Å². The molecule has 0 atom stereocenters. The van der Waals surface area contributed by atoms with Crippen LogP contribution in [0.4, 0.5) is 5.69 Å². The molecule has 1 N–H and O–H groups in total. The molecule has 0 amide bonds. The van der Waals surface area contributed by atoms with Gasteiger partial charge in [0.2, 0.25) is 0 Å². The number of carbonyl (C=O) groups is 1. The van der Waals surface area contributed by atoms with E-state index >= 15 is 0 Å². The molecule has 26 heavy (non-hydrogen) atoms. The van der Waals surface area contributed by atoms with E-state index in [1.807, 2.05) is 30.3 Å². The third kappa shape index (κ3) is 4.26. The van der Waals surface area contributed by atoms with Gasteiger partial charge < -0.3 is 0 Å². The quantitative estimate of drug-likeness (QED) is 0.522. The highest BCUT2D eigenvalue weighted by molar-refractivity contribution is 7.92. The lowest BCUT2D eigenvalue weighted by molar-refractivity contribution is 0.104. The normalized spacial score (nSPS) is 11.4. The minimum atomic E-state index is -3.76. The Bertz CT molecular complexity index is 1030. The average Bonchev–Trinajstić information content (AvgIpc) is 2.68. The minimum Gasteiger partial charge on any atom is -0.289 e. The molecule has 3 aromatic carbocycles. The van der Waals surface area contributed by atoms with Gasteiger partial charge in [-0.15, -0.1) is 0 Å². The van der Waals surface area contributed by atoms with Gasteiger partial charge in [0.15, 0.2) is 5.78 Å². The maximum Gasteiger partial charge on any atom is 0.261 e. The summed E-state index contributed by atoms with van der Waals surface area (Å²) in [7, 11) is -3.76. The second-order valence-electron chi connectivity index (χ2n) is 5.57. The van der Waals surface area contributed by atoms with Crippen LogP contribution in [0.25, 0.3) is 6.08 Å². The monoisotopic (exact) mass is 363 g/mol. The smallest absolute Gasteiger partial charge is 0.261 e. The van der Waals surface area contributed by atoms with Crippen molar-refractivity contribution in [3.05, 3.63) is 102 Å². The molecule has 0 aliphatic heterocycles. The van der Waals surface area contributed by atoms with Crippen LogP contribution < -0.4 is 4.72 Å². The lowest BCUT2D eigenvalue weighted by Gasteiger charge is -2.11. The van der Waals surface area contributed by atoms with E-state index in [2.05, 4.69) is 4.72 Å². The van der Waals surface area contributed by atoms with Crippen LogP contribution >= 0.6 is 0 Å². The molecule has 0 radical (unpaired) electrons. The molecule has 5 heteroatoms. The zero-order chi connectivity index (χ0) is 18.4. The number of carbonyl (C=O) groups excluding carboxylic acids is 1. The highest BCUT2D eigenvalue weighted by atomic mass is 32.2. The van der Waals surface area contributed by atoms with Gasteiger partial charge in [0.1, 0.15) is 0 Å². The zero-order valence-electron chi connectivity index (χ0n) is 13.9. The summed E-state index contributed by atoms with van der Waals surface area (Å²) < 4.78 is 27.5. The molecule has 3 rings (SSSR count). The van der Waals surface area contributed by atoms with E-state index in [0.29, 0.717) is 5.56 Å². The molecule has 0 fully saturated rings. The molecule has 0 saturated heterocycles. The highest BCUT2D eigenvalue weighted by Gasteiger charge is 2.17. The summed E-state index contributed by atoms with van der Waals surface area (Å²) in [6.07, 6.45) is 3.13. The number of hydrogen-bond donors (Lipinski definition) is 1. The number of para-hydroxylation sites is 1. The van der Waals surface area contributed by atoms with Crippen molar-refractivity contribution in [2.45, 2.75) is 4.90 Å². The van der Waals surface area contributed by atoms with Crippen molar-refractivity contribution in [2.75, 3.05) is 4.72 Å². The second kappa shape index (κ2) is 7.80. The molecule has 3 aromatic rings. The Kier molecular flexibility index (Phi) is 5.29. The van der Waals surface area contributed by atoms with Crippen molar-refractivity contribution in [1.29, 1.82) is 0 Å². The lowest BCUT2D eigenvalue weighted by atomic mass is 10.1. The zero-order valence-corrected chi connectivity index (χ0v) is 14.7. The standard InChI is InChI=1S/C21H17NO3S/c23-21(16-15-17-9-3-1-4-10-17)19-13-7-8-14-20(19)22-26(24,25)18-11-5-2-6-12-18/h1-16,22H/b16-15+. The van der Waals surface area contributed by atoms with Gasteiger partial charge in [0, 0.05) is 5.56 Å². The van der Waals surface area contributed by atoms with E-state index in [1.165, 1.54) is 18.2 Å². The van der Waals surface area contributed by atoms with Gasteiger partial charge in [-0.1, -0.05) is 66.7 Å². The van der Waals surface area contributed by atoms with Crippen LogP contribution in [0.1, 0.15) is 15.9 Å². The number of anilines is 1. The predicted octanol–water partition coefficient (Wildman–Crippen LogP) is 4.38. The van der Waals surface area contributed by atoms with Gasteiger partial charge >= 0.3 is 0 Å². The van der Waals surface area contributed by atoms with Crippen molar-refractivity contribution >= 4 is 27.6 Å². The third-order valence-corrected chi connectivity index (χ3v) is 5.10. The summed E-state index contributed by atoms with van der Waals surface area (Å²) in [5, 5.41) is 0. The Morgan fingerprint density at radius 2 is 1.35 bits per heavy atom. The van der Waals surface area contributed by atoms with Crippen molar-refractivity contribution in [1.82, 2.24) is 0 Å². The minimum absolute atomic E-state index is 0.141. The van der Waals surface area contributed by atoms with Gasteiger partial charge in [-0.2, -0.15) is 0 Å². The van der Waals surface area contributed by atoms with Crippen molar-refractivity contribution < 1.29 is 13.2 Å². The first-order chi connectivity index (χ1) is 12.6. The lowest BCUT2D eigenvalue weighted by Crippen LogP contribution is -2.15. The average molecular weight is 363 g/mol. The molecule has 0 aromatic heterocycles.